The van der Waals surface area contributed by atoms with E-state index >= 15 is 0 Å². The average molecular weight is 233 g/mol. The molecule has 4 unspecified atom stereocenters. The first-order valence-electron chi connectivity index (χ1n) is 6.94. The van der Waals surface area contributed by atoms with E-state index in [2.05, 4.69) is 28.8 Å². The Kier molecular flexibility index (Phi) is 2.95. The molecule has 1 N–H and O–H groups in total. The van der Waals surface area contributed by atoms with Gasteiger partial charge < -0.3 is 9.88 Å². The smallest absolute Gasteiger partial charge is 0.125 e. The van der Waals surface area contributed by atoms with E-state index in [9.17, 15) is 0 Å². The molecule has 0 amide bonds. The third-order valence-corrected chi connectivity index (χ3v) is 4.82. The third-order valence-electron chi connectivity index (χ3n) is 4.82. The van der Waals surface area contributed by atoms with Gasteiger partial charge in [-0.05, 0) is 50.5 Å². The van der Waals surface area contributed by atoms with Gasteiger partial charge in [-0.3, -0.25) is 0 Å². The number of hydrogen-bond acceptors (Lipinski definition) is 2. The predicted molar refractivity (Wildman–Crippen MR) is 68.6 cm³/mol. The van der Waals surface area contributed by atoms with E-state index in [4.69, 9.17) is 0 Å². The van der Waals surface area contributed by atoms with Gasteiger partial charge in [0.1, 0.15) is 5.82 Å². The highest BCUT2D eigenvalue weighted by atomic mass is 15.1. The van der Waals surface area contributed by atoms with Crippen LogP contribution in [0.2, 0.25) is 0 Å². The SMILES string of the molecule is CC(NCC1CC2CCC1C2)c1nccn1C. The maximum atomic E-state index is 4.41. The van der Waals surface area contributed by atoms with Crippen molar-refractivity contribution in [3.8, 4) is 0 Å². The van der Waals surface area contributed by atoms with Crippen LogP contribution in [-0.2, 0) is 7.05 Å². The molecule has 2 aliphatic rings. The molecule has 2 saturated carbocycles. The molecular weight excluding hydrogens is 210 g/mol. The first-order chi connectivity index (χ1) is 8.24. The molecular formula is C14H23N3. The van der Waals surface area contributed by atoms with Crippen LogP contribution in [0.4, 0.5) is 0 Å². The van der Waals surface area contributed by atoms with Crippen LogP contribution in [0.1, 0.15) is 44.5 Å². The van der Waals surface area contributed by atoms with E-state index in [0.717, 1.165) is 23.6 Å². The molecule has 3 rings (SSSR count). The van der Waals surface area contributed by atoms with Gasteiger partial charge in [0.05, 0.1) is 6.04 Å². The lowest BCUT2D eigenvalue weighted by Gasteiger charge is -2.24. The Balaban J connectivity index is 1.53. The molecule has 94 valence electrons. The van der Waals surface area contributed by atoms with Crippen LogP contribution < -0.4 is 5.32 Å². The Hall–Kier alpha value is -0.830. The van der Waals surface area contributed by atoms with Crippen LogP contribution >= 0.6 is 0 Å². The Morgan fingerprint density at radius 1 is 1.47 bits per heavy atom. The lowest BCUT2D eigenvalue weighted by atomic mass is 9.89. The van der Waals surface area contributed by atoms with E-state index < -0.39 is 0 Å². The number of fused-ring (bicyclic) bond motifs is 2. The maximum absolute atomic E-state index is 4.41. The topological polar surface area (TPSA) is 29.9 Å². The summed E-state index contributed by atoms with van der Waals surface area (Å²) in [7, 11) is 2.07. The summed E-state index contributed by atoms with van der Waals surface area (Å²) in [6, 6.07) is 0.370. The molecule has 3 heteroatoms. The first-order valence-corrected chi connectivity index (χ1v) is 6.94. The fourth-order valence-electron chi connectivity index (χ4n) is 3.84. The van der Waals surface area contributed by atoms with E-state index in [-0.39, 0.29) is 0 Å². The van der Waals surface area contributed by atoms with E-state index in [0.29, 0.717) is 6.04 Å². The summed E-state index contributed by atoms with van der Waals surface area (Å²) in [6.45, 7) is 3.39. The molecule has 0 saturated heterocycles. The van der Waals surface area contributed by atoms with Crippen molar-refractivity contribution in [2.45, 2.75) is 38.6 Å². The van der Waals surface area contributed by atoms with Gasteiger partial charge >= 0.3 is 0 Å². The Morgan fingerprint density at radius 2 is 2.35 bits per heavy atom. The molecule has 0 spiro atoms. The maximum Gasteiger partial charge on any atom is 0.125 e. The van der Waals surface area contributed by atoms with Crippen LogP contribution in [0.3, 0.4) is 0 Å². The molecule has 1 aromatic heterocycles. The molecule has 0 aromatic carbocycles. The first kappa shape index (κ1) is 11.3. The summed E-state index contributed by atoms with van der Waals surface area (Å²) >= 11 is 0. The standard InChI is InChI=1S/C14H23N3/c1-10(14-15-5-6-17(14)2)16-9-13-8-11-3-4-12(13)7-11/h5-6,10-13,16H,3-4,7-9H2,1-2H3. The van der Waals surface area contributed by atoms with Crippen molar-refractivity contribution in [1.29, 1.82) is 0 Å². The van der Waals surface area contributed by atoms with Crippen molar-refractivity contribution in [3.63, 3.8) is 0 Å². The lowest BCUT2D eigenvalue weighted by molar-refractivity contribution is 0.307. The van der Waals surface area contributed by atoms with Crippen molar-refractivity contribution in [2.24, 2.45) is 24.8 Å². The van der Waals surface area contributed by atoms with Gasteiger partial charge in [-0.15, -0.1) is 0 Å². The van der Waals surface area contributed by atoms with Crippen LogP contribution in [0, 0.1) is 17.8 Å². The zero-order valence-corrected chi connectivity index (χ0v) is 10.9. The van der Waals surface area contributed by atoms with Crippen molar-refractivity contribution in [1.82, 2.24) is 14.9 Å². The molecule has 2 fully saturated rings. The zero-order valence-electron chi connectivity index (χ0n) is 10.9. The second kappa shape index (κ2) is 4.45. The van der Waals surface area contributed by atoms with Gasteiger partial charge in [-0.25, -0.2) is 4.98 Å². The average Bonchev–Trinajstić information content (AvgIpc) is 3.01. The quantitative estimate of drug-likeness (QED) is 0.866. The van der Waals surface area contributed by atoms with E-state index in [1.54, 1.807) is 0 Å². The van der Waals surface area contributed by atoms with E-state index in [1.165, 1.54) is 32.2 Å². The Bertz CT molecular complexity index is 385. The van der Waals surface area contributed by atoms with Crippen LogP contribution in [0.25, 0.3) is 0 Å². The number of nitrogens with zero attached hydrogens (tertiary/aromatic N) is 2. The van der Waals surface area contributed by atoms with Gasteiger partial charge in [0.2, 0.25) is 0 Å². The summed E-state index contributed by atoms with van der Waals surface area (Å²) in [6.07, 6.45) is 9.84. The summed E-state index contributed by atoms with van der Waals surface area (Å²) < 4.78 is 2.11. The second-order valence-corrected chi connectivity index (χ2v) is 5.96. The second-order valence-electron chi connectivity index (χ2n) is 5.96. The summed E-state index contributed by atoms with van der Waals surface area (Å²) in [5.41, 5.74) is 0. The van der Waals surface area contributed by atoms with Gasteiger partial charge in [0.15, 0.2) is 0 Å². The van der Waals surface area contributed by atoms with Crippen LogP contribution in [0.15, 0.2) is 12.4 Å². The Labute approximate surface area is 104 Å². The van der Waals surface area contributed by atoms with E-state index in [1.807, 2.05) is 12.4 Å². The van der Waals surface area contributed by atoms with Crippen molar-refractivity contribution >= 4 is 0 Å². The van der Waals surface area contributed by atoms with Gasteiger partial charge in [-0.2, -0.15) is 0 Å². The molecule has 4 atom stereocenters. The highest BCUT2D eigenvalue weighted by molar-refractivity contribution is 4.98. The monoisotopic (exact) mass is 233 g/mol. The fraction of sp³-hybridized carbons (Fsp3) is 0.786. The summed E-state index contributed by atoms with van der Waals surface area (Å²) in [5.74, 6) is 4.14. The minimum atomic E-state index is 0.370. The van der Waals surface area contributed by atoms with Gasteiger partial charge in [0, 0.05) is 19.4 Å². The van der Waals surface area contributed by atoms with Gasteiger partial charge in [-0.1, -0.05) is 6.42 Å². The van der Waals surface area contributed by atoms with Crippen molar-refractivity contribution < 1.29 is 0 Å². The molecule has 1 heterocycles. The largest absolute Gasteiger partial charge is 0.337 e. The number of imidazole rings is 1. The fourth-order valence-corrected chi connectivity index (χ4v) is 3.84. The third kappa shape index (κ3) is 2.13. The minimum absolute atomic E-state index is 0.370. The zero-order chi connectivity index (χ0) is 11.8. The van der Waals surface area contributed by atoms with Gasteiger partial charge in [0.25, 0.3) is 0 Å². The molecule has 17 heavy (non-hydrogen) atoms. The molecule has 2 bridgehead atoms. The number of aromatic nitrogens is 2. The Morgan fingerprint density at radius 3 is 2.94 bits per heavy atom. The lowest BCUT2D eigenvalue weighted by Crippen LogP contribution is -2.29. The number of nitrogens with one attached hydrogen (secondary N) is 1. The molecule has 3 nitrogen and oxygen atoms in total. The number of rotatable bonds is 4. The molecule has 0 radical (unpaired) electrons. The molecule has 0 aliphatic heterocycles. The number of aryl methyl sites for hydroxylation is 1. The van der Waals surface area contributed by atoms with Crippen molar-refractivity contribution in [3.05, 3.63) is 18.2 Å². The highest BCUT2D eigenvalue weighted by Crippen LogP contribution is 2.48. The van der Waals surface area contributed by atoms with Crippen LogP contribution in [-0.4, -0.2) is 16.1 Å². The summed E-state index contributed by atoms with van der Waals surface area (Å²) in [4.78, 5) is 4.41. The predicted octanol–water partition coefficient (Wildman–Crippen LogP) is 2.51. The van der Waals surface area contributed by atoms with Crippen molar-refractivity contribution in [2.75, 3.05) is 6.54 Å². The molecule has 1 aromatic rings. The highest BCUT2D eigenvalue weighted by Gasteiger charge is 2.39. The minimum Gasteiger partial charge on any atom is -0.337 e. The van der Waals surface area contributed by atoms with Crippen LogP contribution in [0.5, 0.6) is 0 Å². The number of hydrogen-bond donors (Lipinski definition) is 1. The summed E-state index contributed by atoms with van der Waals surface area (Å²) in [5, 5.41) is 3.67. The normalized spacial score (nSPS) is 33.2. The molecule has 2 aliphatic carbocycles.